The number of nitrogens with one attached hydrogen (secondary N) is 2. The molecule has 0 amide bonds. The number of nitrogens with zero attached hydrogens (tertiary/aromatic N) is 4. The van der Waals surface area contributed by atoms with E-state index in [1.165, 1.54) is 54.4 Å². The third-order valence-electron chi connectivity index (χ3n) is 6.15. The van der Waals surface area contributed by atoms with Crippen LogP contribution >= 0.6 is 0 Å². The minimum atomic E-state index is 0.612. The van der Waals surface area contributed by atoms with Crippen molar-refractivity contribution in [2.45, 2.75) is 38.3 Å². The number of hydrogen-bond donors (Lipinski definition) is 2. The van der Waals surface area contributed by atoms with Gasteiger partial charge in [-0.15, -0.1) is 10.2 Å². The van der Waals surface area contributed by atoms with Crippen LogP contribution in [0.15, 0.2) is 60.1 Å². The maximum atomic E-state index is 5.14. The molecule has 0 atom stereocenters. The highest BCUT2D eigenvalue weighted by Crippen LogP contribution is 2.23. The van der Waals surface area contributed by atoms with E-state index in [-0.39, 0.29) is 0 Å². The van der Waals surface area contributed by atoms with Crippen molar-refractivity contribution in [3.8, 4) is 5.69 Å². The van der Waals surface area contributed by atoms with Crippen LogP contribution in [0.25, 0.3) is 16.6 Å². The number of aromatic nitrogens is 4. The van der Waals surface area contributed by atoms with Gasteiger partial charge in [0, 0.05) is 40.9 Å². The van der Waals surface area contributed by atoms with Crippen molar-refractivity contribution in [1.29, 1.82) is 0 Å². The standard InChI is InChI=1S/C23H28N6O/c1(8-28-9-5-20(6-10-28)24-13-18-7-11-30-15-18)2-19-14-25-23-4-3-21(12-22(19)23)29-16-26-27-17-29/h3-4,7,11-12,14-17,20,24-25H,1-2,5-6,8-10,13H2. The van der Waals surface area contributed by atoms with Crippen molar-refractivity contribution in [2.24, 2.45) is 0 Å². The highest BCUT2D eigenvalue weighted by molar-refractivity contribution is 5.85. The molecule has 0 unspecified atom stereocenters. The van der Waals surface area contributed by atoms with Crippen LogP contribution in [0.1, 0.15) is 30.4 Å². The van der Waals surface area contributed by atoms with Crippen molar-refractivity contribution >= 4 is 10.9 Å². The van der Waals surface area contributed by atoms with E-state index < -0.39 is 0 Å². The van der Waals surface area contributed by atoms with Crippen LogP contribution in [0, 0.1) is 0 Å². The van der Waals surface area contributed by atoms with Crippen LogP contribution < -0.4 is 5.32 Å². The van der Waals surface area contributed by atoms with E-state index in [0.717, 1.165) is 25.2 Å². The smallest absolute Gasteiger partial charge is 0.123 e. The average molecular weight is 405 g/mol. The first kappa shape index (κ1) is 19.1. The number of rotatable bonds is 8. The number of aryl methyl sites for hydroxylation is 1. The molecule has 0 spiro atoms. The molecule has 1 aliphatic rings. The first-order chi connectivity index (χ1) is 14.8. The SMILES string of the molecule is c1cc(CNC2CCN(CCCc3c[nH]c4ccc(-n5cnnc5)cc34)CC2)co1. The van der Waals surface area contributed by atoms with Crippen molar-refractivity contribution in [2.75, 3.05) is 19.6 Å². The van der Waals surface area contributed by atoms with Gasteiger partial charge in [0.2, 0.25) is 0 Å². The van der Waals surface area contributed by atoms with Crippen LogP contribution in [-0.4, -0.2) is 50.3 Å². The topological polar surface area (TPSA) is 74.9 Å². The fraction of sp³-hybridized carbons (Fsp3) is 0.391. The van der Waals surface area contributed by atoms with Gasteiger partial charge in [-0.25, -0.2) is 0 Å². The Balaban J connectivity index is 1.10. The van der Waals surface area contributed by atoms with Gasteiger partial charge in [-0.3, -0.25) is 4.57 Å². The first-order valence-electron chi connectivity index (χ1n) is 10.8. The molecule has 7 heteroatoms. The minimum Gasteiger partial charge on any atom is -0.472 e. The molecule has 7 nitrogen and oxygen atoms in total. The zero-order valence-corrected chi connectivity index (χ0v) is 17.1. The molecule has 1 saturated heterocycles. The summed E-state index contributed by atoms with van der Waals surface area (Å²) in [6.45, 7) is 4.41. The van der Waals surface area contributed by atoms with Gasteiger partial charge in [0.1, 0.15) is 12.7 Å². The zero-order valence-electron chi connectivity index (χ0n) is 17.1. The summed E-state index contributed by atoms with van der Waals surface area (Å²) in [5.41, 5.74) is 4.89. The van der Waals surface area contributed by atoms with Crippen molar-refractivity contribution in [1.82, 2.24) is 30.0 Å². The fourth-order valence-electron chi connectivity index (χ4n) is 4.38. The summed E-state index contributed by atoms with van der Waals surface area (Å²) in [6, 6.07) is 9.09. The number of benzene rings is 1. The molecule has 0 aliphatic carbocycles. The monoisotopic (exact) mass is 404 g/mol. The van der Waals surface area contributed by atoms with Crippen LogP contribution in [0.5, 0.6) is 0 Å². The number of piperidine rings is 1. The molecule has 1 fully saturated rings. The molecule has 156 valence electrons. The summed E-state index contributed by atoms with van der Waals surface area (Å²) in [7, 11) is 0. The van der Waals surface area contributed by atoms with Crippen LogP contribution in [0.2, 0.25) is 0 Å². The molecule has 1 aromatic carbocycles. The molecule has 3 aromatic heterocycles. The van der Waals surface area contributed by atoms with Crippen molar-refractivity contribution in [3.63, 3.8) is 0 Å². The van der Waals surface area contributed by atoms with Crippen LogP contribution in [-0.2, 0) is 13.0 Å². The van der Waals surface area contributed by atoms with E-state index in [4.69, 9.17) is 4.42 Å². The summed E-state index contributed by atoms with van der Waals surface area (Å²) in [6.07, 6.45) is 13.9. The Kier molecular flexibility index (Phi) is 5.63. The van der Waals surface area contributed by atoms with E-state index >= 15 is 0 Å². The number of likely N-dealkylation sites (tertiary alicyclic amines) is 1. The number of aromatic amines is 1. The summed E-state index contributed by atoms with van der Waals surface area (Å²) < 4.78 is 7.09. The van der Waals surface area contributed by atoms with E-state index in [2.05, 4.69) is 49.8 Å². The van der Waals surface area contributed by atoms with Gasteiger partial charge >= 0.3 is 0 Å². The third-order valence-corrected chi connectivity index (χ3v) is 6.15. The molecule has 4 heterocycles. The summed E-state index contributed by atoms with van der Waals surface area (Å²) in [5, 5.41) is 12.8. The second kappa shape index (κ2) is 8.85. The third kappa shape index (κ3) is 4.32. The van der Waals surface area contributed by atoms with E-state index in [1.54, 1.807) is 18.9 Å². The predicted octanol–water partition coefficient (Wildman–Crippen LogP) is 3.53. The van der Waals surface area contributed by atoms with Crippen LogP contribution in [0.4, 0.5) is 0 Å². The van der Waals surface area contributed by atoms with Gasteiger partial charge in [-0.1, -0.05) is 0 Å². The lowest BCUT2D eigenvalue weighted by Gasteiger charge is -2.32. The second-order valence-corrected chi connectivity index (χ2v) is 8.14. The molecule has 0 radical (unpaired) electrons. The maximum absolute atomic E-state index is 5.14. The maximum Gasteiger partial charge on any atom is 0.123 e. The van der Waals surface area contributed by atoms with Gasteiger partial charge in [-0.2, -0.15) is 0 Å². The lowest BCUT2D eigenvalue weighted by atomic mass is 10.0. The number of H-pyrrole nitrogens is 1. The first-order valence-corrected chi connectivity index (χ1v) is 10.8. The molecule has 2 N–H and O–H groups in total. The Labute approximate surface area is 176 Å². The Bertz CT molecular complexity index is 1040. The fourth-order valence-corrected chi connectivity index (χ4v) is 4.38. The average Bonchev–Trinajstić information content (AvgIpc) is 3.55. The van der Waals surface area contributed by atoms with Crippen LogP contribution in [0.3, 0.4) is 0 Å². The van der Waals surface area contributed by atoms with Gasteiger partial charge in [0.25, 0.3) is 0 Å². The molecule has 1 aliphatic heterocycles. The lowest BCUT2D eigenvalue weighted by molar-refractivity contribution is 0.195. The number of furan rings is 1. The number of hydrogen-bond acceptors (Lipinski definition) is 5. The van der Waals surface area contributed by atoms with Gasteiger partial charge in [0.05, 0.1) is 12.5 Å². The Morgan fingerprint density at radius 2 is 2.00 bits per heavy atom. The Hall–Kier alpha value is -2.90. The summed E-state index contributed by atoms with van der Waals surface area (Å²) in [4.78, 5) is 6.02. The largest absolute Gasteiger partial charge is 0.472 e. The molecule has 0 bridgehead atoms. The number of fused-ring (bicyclic) bond motifs is 1. The summed E-state index contributed by atoms with van der Waals surface area (Å²) in [5.74, 6) is 0. The normalized spacial score (nSPS) is 15.9. The summed E-state index contributed by atoms with van der Waals surface area (Å²) >= 11 is 0. The quantitative estimate of drug-likeness (QED) is 0.470. The minimum absolute atomic E-state index is 0.612. The van der Waals surface area contributed by atoms with Gasteiger partial charge < -0.3 is 19.6 Å². The Morgan fingerprint density at radius 3 is 2.80 bits per heavy atom. The van der Waals surface area contributed by atoms with Gasteiger partial charge in [-0.05, 0) is 75.1 Å². The molecular weight excluding hydrogens is 376 g/mol. The predicted molar refractivity (Wildman–Crippen MR) is 117 cm³/mol. The second-order valence-electron chi connectivity index (χ2n) is 8.14. The zero-order chi connectivity index (χ0) is 20.2. The lowest BCUT2D eigenvalue weighted by Crippen LogP contribution is -2.42. The molecular formula is C23H28N6O. The van der Waals surface area contributed by atoms with E-state index in [0.29, 0.717) is 6.04 Å². The van der Waals surface area contributed by atoms with E-state index in [9.17, 15) is 0 Å². The molecule has 0 saturated carbocycles. The van der Waals surface area contributed by atoms with Crippen molar-refractivity contribution < 1.29 is 4.42 Å². The molecule has 4 aromatic rings. The Morgan fingerprint density at radius 1 is 1.13 bits per heavy atom. The molecule has 30 heavy (non-hydrogen) atoms. The van der Waals surface area contributed by atoms with E-state index in [1.807, 2.05) is 16.9 Å². The van der Waals surface area contributed by atoms with Crippen molar-refractivity contribution in [3.05, 3.63) is 66.8 Å². The van der Waals surface area contributed by atoms with Gasteiger partial charge in [0.15, 0.2) is 0 Å². The highest BCUT2D eigenvalue weighted by Gasteiger charge is 2.18. The highest BCUT2D eigenvalue weighted by atomic mass is 16.3. The molecule has 5 rings (SSSR count).